The first-order valence-corrected chi connectivity index (χ1v) is 7.81. The molecule has 0 spiro atoms. The normalized spacial score (nSPS) is 10.6. The Morgan fingerprint density at radius 3 is 2.70 bits per heavy atom. The van der Waals surface area contributed by atoms with Gasteiger partial charge >= 0.3 is 0 Å². The monoisotopic (exact) mass is 337 g/mol. The number of methoxy groups -OCH3 is 1. The maximum absolute atomic E-state index is 12.5. The number of carbonyl (C=O) groups is 1. The maximum atomic E-state index is 12.5. The number of hydrogen-bond donors (Lipinski definition) is 2. The minimum Gasteiger partial charge on any atom is -0.383 e. The summed E-state index contributed by atoms with van der Waals surface area (Å²) in [6, 6.07) is 7.06. The molecular formula is C16H20ClN3O3. The highest BCUT2D eigenvalue weighted by atomic mass is 35.5. The quantitative estimate of drug-likeness (QED) is 0.723. The van der Waals surface area contributed by atoms with Crippen LogP contribution < -0.4 is 10.6 Å². The minimum absolute atomic E-state index is 0.224. The smallest absolute Gasteiger partial charge is 0.259 e. The Morgan fingerprint density at radius 2 is 2.04 bits per heavy atom. The third-order valence-corrected chi connectivity index (χ3v) is 3.41. The van der Waals surface area contributed by atoms with Crippen LogP contribution in [-0.2, 0) is 4.74 Å². The predicted octanol–water partition coefficient (Wildman–Crippen LogP) is 3.19. The molecule has 2 N–H and O–H groups in total. The molecule has 2 rings (SSSR count). The summed E-state index contributed by atoms with van der Waals surface area (Å²) in [5.74, 6) is 0.591. The standard InChI is InChI=1S/C16H20ClN3O3/c1-3-8-19-16(21)13-14(11-4-6-12(17)7-5-11)23-20-15(13)18-9-10-22-2/h4-7H,3,8-10H2,1-2H3,(H,18,20)(H,19,21). The topological polar surface area (TPSA) is 76.4 Å². The van der Waals surface area contributed by atoms with E-state index < -0.39 is 0 Å². The number of ether oxygens (including phenoxy) is 1. The molecule has 124 valence electrons. The minimum atomic E-state index is -0.224. The third kappa shape index (κ3) is 4.46. The van der Waals surface area contributed by atoms with E-state index in [4.69, 9.17) is 20.9 Å². The van der Waals surface area contributed by atoms with Gasteiger partial charge in [-0.2, -0.15) is 0 Å². The molecule has 0 aliphatic heterocycles. The van der Waals surface area contributed by atoms with Gasteiger partial charge in [0.05, 0.1) is 6.61 Å². The van der Waals surface area contributed by atoms with Gasteiger partial charge in [0.15, 0.2) is 11.6 Å². The first kappa shape index (κ1) is 17.3. The van der Waals surface area contributed by atoms with Crippen LogP contribution in [0.5, 0.6) is 0 Å². The molecule has 0 saturated carbocycles. The molecule has 0 saturated heterocycles. The second-order valence-corrected chi connectivity index (χ2v) is 5.35. The van der Waals surface area contributed by atoms with Crippen molar-refractivity contribution in [3.63, 3.8) is 0 Å². The summed E-state index contributed by atoms with van der Waals surface area (Å²) in [4.78, 5) is 12.5. The SMILES string of the molecule is CCCNC(=O)c1c(NCCOC)noc1-c1ccc(Cl)cc1. The van der Waals surface area contributed by atoms with Crippen molar-refractivity contribution in [2.24, 2.45) is 0 Å². The average Bonchev–Trinajstić information content (AvgIpc) is 2.97. The number of nitrogens with zero attached hydrogens (tertiary/aromatic N) is 1. The number of amides is 1. The molecule has 1 heterocycles. The van der Waals surface area contributed by atoms with Crippen molar-refractivity contribution in [2.75, 3.05) is 32.1 Å². The van der Waals surface area contributed by atoms with E-state index >= 15 is 0 Å². The van der Waals surface area contributed by atoms with E-state index in [-0.39, 0.29) is 5.91 Å². The number of carbonyl (C=O) groups excluding carboxylic acids is 1. The summed E-state index contributed by atoms with van der Waals surface area (Å²) in [6.07, 6.45) is 0.847. The lowest BCUT2D eigenvalue weighted by molar-refractivity contribution is 0.0954. The zero-order chi connectivity index (χ0) is 16.7. The molecule has 2 aromatic rings. The van der Waals surface area contributed by atoms with Crippen LogP contribution in [0.2, 0.25) is 5.02 Å². The van der Waals surface area contributed by atoms with E-state index in [0.717, 1.165) is 12.0 Å². The molecule has 0 bridgehead atoms. The van der Waals surface area contributed by atoms with Gasteiger partial charge in [0.2, 0.25) is 0 Å². The Bertz CT molecular complexity index is 641. The van der Waals surface area contributed by atoms with Gasteiger partial charge in [-0.1, -0.05) is 23.7 Å². The van der Waals surface area contributed by atoms with Crippen molar-refractivity contribution in [1.29, 1.82) is 0 Å². The fourth-order valence-electron chi connectivity index (χ4n) is 2.02. The van der Waals surface area contributed by atoms with Crippen LogP contribution in [0, 0.1) is 0 Å². The van der Waals surface area contributed by atoms with Gasteiger partial charge in [-0.15, -0.1) is 0 Å². The molecular weight excluding hydrogens is 318 g/mol. The fourth-order valence-corrected chi connectivity index (χ4v) is 2.14. The summed E-state index contributed by atoms with van der Waals surface area (Å²) in [7, 11) is 1.61. The number of hydrogen-bond acceptors (Lipinski definition) is 5. The summed E-state index contributed by atoms with van der Waals surface area (Å²) in [5, 5.41) is 10.5. The Morgan fingerprint density at radius 1 is 1.30 bits per heavy atom. The van der Waals surface area contributed by atoms with E-state index in [1.165, 1.54) is 0 Å². The van der Waals surface area contributed by atoms with Crippen LogP contribution in [0.4, 0.5) is 5.82 Å². The number of halogens is 1. The predicted molar refractivity (Wildman–Crippen MR) is 89.9 cm³/mol. The maximum Gasteiger partial charge on any atom is 0.259 e. The van der Waals surface area contributed by atoms with Crippen molar-refractivity contribution in [2.45, 2.75) is 13.3 Å². The van der Waals surface area contributed by atoms with E-state index in [2.05, 4.69) is 15.8 Å². The second kappa shape index (κ2) is 8.55. The molecule has 0 aliphatic rings. The first-order chi connectivity index (χ1) is 11.2. The lowest BCUT2D eigenvalue weighted by atomic mass is 10.1. The fraction of sp³-hybridized carbons (Fsp3) is 0.375. The van der Waals surface area contributed by atoms with Crippen molar-refractivity contribution in [3.8, 4) is 11.3 Å². The number of aromatic nitrogens is 1. The van der Waals surface area contributed by atoms with Crippen LogP contribution >= 0.6 is 11.6 Å². The van der Waals surface area contributed by atoms with Crippen molar-refractivity contribution in [3.05, 3.63) is 34.9 Å². The molecule has 0 fully saturated rings. The summed E-state index contributed by atoms with van der Waals surface area (Å²) in [6.45, 7) is 3.60. The summed E-state index contributed by atoms with van der Waals surface area (Å²) >= 11 is 5.91. The summed E-state index contributed by atoms with van der Waals surface area (Å²) < 4.78 is 10.4. The summed E-state index contributed by atoms with van der Waals surface area (Å²) in [5.41, 5.74) is 1.13. The van der Waals surface area contributed by atoms with Gasteiger partial charge in [-0.05, 0) is 30.7 Å². The number of rotatable bonds is 8. The molecule has 0 radical (unpaired) electrons. The number of nitrogens with one attached hydrogen (secondary N) is 2. The van der Waals surface area contributed by atoms with Crippen LogP contribution in [0.3, 0.4) is 0 Å². The van der Waals surface area contributed by atoms with Gasteiger partial charge < -0.3 is 19.9 Å². The van der Waals surface area contributed by atoms with Gasteiger partial charge in [-0.25, -0.2) is 0 Å². The van der Waals surface area contributed by atoms with Crippen LogP contribution in [-0.4, -0.2) is 37.9 Å². The lowest BCUT2D eigenvalue weighted by Gasteiger charge is -2.07. The highest BCUT2D eigenvalue weighted by molar-refractivity contribution is 6.30. The van der Waals surface area contributed by atoms with E-state index in [0.29, 0.717) is 41.9 Å². The molecule has 0 atom stereocenters. The molecule has 1 aromatic heterocycles. The van der Waals surface area contributed by atoms with E-state index in [1.54, 1.807) is 31.4 Å². The Labute approximate surface area is 140 Å². The van der Waals surface area contributed by atoms with E-state index in [1.807, 2.05) is 6.92 Å². The van der Waals surface area contributed by atoms with Crippen molar-refractivity contribution in [1.82, 2.24) is 10.5 Å². The van der Waals surface area contributed by atoms with E-state index in [9.17, 15) is 4.79 Å². The molecule has 1 aromatic carbocycles. The highest BCUT2D eigenvalue weighted by Gasteiger charge is 2.23. The Kier molecular flexibility index (Phi) is 6.43. The van der Waals surface area contributed by atoms with Crippen molar-refractivity contribution < 1.29 is 14.1 Å². The average molecular weight is 338 g/mol. The van der Waals surface area contributed by atoms with Crippen LogP contribution in [0.15, 0.2) is 28.8 Å². The van der Waals surface area contributed by atoms with Gasteiger partial charge in [0, 0.05) is 30.8 Å². The zero-order valence-corrected chi connectivity index (χ0v) is 13.9. The largest absolute Gasteiger partial charge is 0.383 e. The molecule has 1 amide bonds. The third-order valence-electron chi connectivity index (χ3n) is 3.16. The Hall–Kier alpha value is -2.05. The van der Waals surface area contributed by atoms with Crippen LogP contribution in [0.25, 0.3) is 11.3 Å². The van der Waals surface area contributed by atoms with Gasteiger partial charge in [0.25, 0.3) is 5.91 Å². The molecule has 23 heavy (non-hydrogen) atoms. The number of anilines is 1. The lowest BCUT2D eigenvalue weighted by Crippen LogP contribution is -2.25. The Balaban J connectivity index is 2.33. The molecule has 0 aliphatic carbocycles. The highest BCUT2D eigenvalue weighted by Crippen LogP contribution is 2.30. The second-order valence-electron chi connectivity index (χ2n) is 4.92. The van der Waals surface area contributed by atoms with Crippen molar-refractivity contribution >= 4 is 23.3 Å². The van der Waals surface area contributed by atoms with Crippen LogP contribution in [0.1, 0.15) is 23.7 Å². The number of benzene rings is 1. The molecule has 6 nitrogen and oxygen atoms in total. The zero-order valence-electron chi connectivity index (χ0n) is 13.2. The van der Waals surface area contributed by atoms with Gasteiger partial charge in [0.1, 0.15) is 5.56 Å². The molecule has 7 heteroatoms. The first-order valence-electron chi connectivity index (χ1n) is 7.44. The van der Waals surface area contributed by atoms with Gasteiger partial charge in [-0.3, -0.25) is 4.79 Å². The molecule has 0 unspecified atom stereocenters.